The van der Waals surface area contributed by atoms with Crippen molar-refractivity contribution < 1.29 is 28.7 Å². The molecule has 35 heavy (non-hydrogen) atoms. The number of ether oxygens (including phenoxy) is 2. The maximum absolute atomic E-state index is 13.0. The van der Waals surface area contributed by atoms with Crippen LogP contribution in [0.4, 0.5) is 17.1 Å². The minimum atomic E-state index is -0.505. The molecule has 1 aliphatic rings. The molecule has 0 unspecified atom stereocenters. The maximum atomic E-state index is 13.0. The molecule has 0 spiro atoms. The fourth-order valence-corrected chi connectivity index (χ4v) is 3.62. The lowest BCUT2D eigenvalue weighted by Gasteiger charge is -2.17. The molecule has 0 aliphatic carbocycles. The first-order valence-corrected chi connectivity index (χ1v) is 10.8. The van der Waals surface area contributed by atoms with Gasteiger partial charge in [-0.25, -0.2) is 0 Å². The van der Waals surface area contributed by atoms with Crippen LogP contribution < -0.4 is 25.0 Å². The molecule has 0 atom stereocenters. The van der Waals surface area contributed by atoms with Crippen LogP contribution in [-0.4, -0.2) is 37.8 Å². The fraction of sp³-hybridized carbons (Fsp3) is 0.154. The number of imide groups is 1. The van der Waals surface area contributed by atoms with Crippen LogP contribution in [0, 0.1) is 0 Å². The fourth-order valence-electron chi connectivity index (χ4n) is 3.62. The van der Waals surface area contributed by atoms with Gasteiger partial charge in [-0.2, -0.15) is 0 Å². The molecule has 1 heterocycles. The normalized spacial score (nSPS) is 12.9. The highest BCUT2D eigenvalue weighted by atomic mass is 16.5. The summed E-state index contributed by atoms with van der Waals surface area (Å²) in [6, 6.07) is 17.7. The second-order valence-electron chi connectivity index (χ2n) is 7.76. The molecule has 4 amide bonds. The summed E-state index contributed by atoms with van der Waals surface area (Å²) in [4.78, 5) is 51.7. The van der Waals surface area contributed by atoms with E-state index in [9.17, 15) is 19.2 Å². The Hall–Kier alpha value is -4.66. The number of rotatable bonds is 7. The summed E-state index contributed by atoms with van der Waals surface area (Å²) in [5.41, 5.74) is 1.42. The molecule has 0 aromatic heterocycles. The SMILES string of the molecule is COc1ccc(NC(=O)c2cc(C(=O)Nc3ccc(OC)cc3)cc(N3C(=O)CCC3=O)c2)cc1. The minimum Gasteiger partial charge on any atom is -0.497 e. The van der Waals surface area contributed by atoms with Gasteiger partial charge >= 0.3 is 0 Å². The van der Waals surface area contributed by atoms with Crippen molar-refractivity contribution in [2.45, 2.75) is 12.8 Å². The summed E-state index contributed by atoms with van der Waals surface area (Å²) < 4.78 is 10.2. The van der Waals surface area contributed by atoms with E-state index in [1.54, 1.807) is 62.8 Å². The van der Waals surface area contributed by atoms with Crippen molar-refractivity contribution in [3.8, 4) is 11.5 Å². The highest BCUT2D eigenvalue weighted by Crippen LogP contribution is 2.27. The minimum absolute atomic E-state index is 0.0779. The molecule has 3 aromatic carbocycles. The van der Waals surface area contributed by atoms with E-state index >= 15 is 0 Å². The van der Waals surface area contributed by atoms with Crippen LogP contribution in [0.2, 0.25) is 0 Å². The van der Waals surface area contributed by atoms with Gasteiger partial charge in [-0.05, 0) is 66.7 Å². The third-order valence-electron chi connectivity index (χ3n) is 5.45. The van der Waals surface area contributed by atoms with Gasteiger partial charge in [-0.3, -0.25) is 24.1 Å². The van der Waals surface area contributed by atoms with Gasteiger partial charge in [-0.15, -0.1) is 0 Å². The van der Waals surface area contributed by atoms with E-state index in [1.807, 2.05) is 0 Å². The zero-order valence-electron chi connectivity index (χ0n) is 19.2. The number of benzene rings is 3. The molecule has 0 bridgehead atoms. The van der Waals surface area contributed by atoms with Gasteiger partial charge in [0.1, 0.15) is 11.5 Å². The van der Waals surface area contributed by atoms with E-state index in [2.05, 4.69) is 10.6 Å². The summed E-state index contributed by atoms with van der Waals surface area (Å²) in [5, 5.41) is 5.50. The van der Waals surface area contributed by atoms with Gasteiger partial charge in [0.2, 0.25) is 11.8 Å². The lowest BCUT2D eigenvalue weighted by Crippen LogP contribution is -2.29. The van der Waals surface area contributed by atoms with E-state index in [0.717, 1.165) is 4.90 Å². The molecule has 0 saturated carbocycles. The quantitative estimate of drug-likeness (QED) is 0.504. The number of carbonyl (C=O) groups is 4. The Labute approximate surface area is 201 Å². The smallest absolute Gasteiger partial charge is 0.255 e. The molecular weight excluding hydrogens is 450 g/mol. The number of nitrogens with zero attached hydrogens (tertiary/aromatic N) is 1. The van der Waals surface area contributed by atoms with Crippen molar-refractivity contribution in [2.75, 3.05) is 29.8 Å². The summed E-state index contributed by atoms with van der Waals surface area (Å²) in [7, 11) is 3.08. The van der Waals surface area contributed by atoms with Gasteiger partial charge in [0, 0.05) is 35.3 Å². The molecule has 178 valence electrons. The zero-order chi connectivity index (χ0) is 24.9. The molecule has 9 nitrogen and oxygen atoms in total. The largest absolute Gasteiger partial charge is 0.497 e. The highest BCUT2D eigenvalue weighted by molar-refractivity contribution is 6.21. The lowest BCUT2D eigenvalue weighted by atomic mass is 10.1. The Bertz CT molecular complexity index is 1190. The van der Waals surface area contributed by atoms with Gasteiger partial charge < -0.3 is 20.1 Å². The van der Waals surface area contributed by atoms with Gasteiger partial charge in [0.25, 0.3) is 11.8 Å². The molecule has 3 aromatic rings. The van der Waals surface area contributed by atoms with E-state index < -0.39 is 11.8 Å². The van der Waals surface area contributed by atoms with Gasteiger partial charge in [0.15, 0.2) is 0 Å². The lowest BCUT2D eigenvalue weighted by molar-refractivity contribution is -0.121. The predicted molar refractivity (Wildman–Crippen MR) is 130 cm³/mol. The van der Waals surface area contributed by atoms with Crippen LogP contribution in [0.3, 0.4) is 0 Å². The van der Waals surface area contributed by atoms with Crippen LogP contribution in [0.15, 0.2) is 66.7 Å². The van der Waals surface area contributed by atoms with Crippen LogP contribution in [0.25, 0.3) is 0 Å². The summed E-state index contributed by atoms with van der Waals surface area (Å²) in [6.07, 6.45) is 0.156. The first-order valence-electron chi connectivity index (χ1n) is 10.8. The first-order chi connectivity index (χ1) is 16.9. The van der Waals surface area contributed by atoms with E-state index in [1.165, 1.54) is 18.2 Å². The molecule has 9 heteroatoms. The summed E-state index contributed by atoms with van der Waals surface area (Å²) in [5.74, 6) is -0.514. The van der Waals surface area contributed by atoms with Crippen LogP contribution in [0.1, 0.15) is 33.6 Å². The van der Waals surface area contributed by atoms with E-state index in [-0.39, 0.29) is 41.5 Å². The topological polar surface area (TPSA) is 114 Å². The number of hydrogen-bond acceptors (Lipinski definition) is 6. The standard InChI is InChI=1S/C26H23N3O6/c1-34-21-7-3-18(4-8-21)27-25(32)16-13-17(15-20(14-16)29-23(30)11-12-24(29)31)26(33)28-19-5-9-22(35-2)10-6-19/h3-10,13-15H,11-12H2,1-2H3,(H,27,32)(H,28,33). The third-order valence-corrected chi connectivity index (χ3v) is 5.45. The van der Waals surface area contributed by atoms with Crippen molar-refractivity contribution in [3.05, 3.63) is 77.9 Å². The average molecular weight is 473 g/mol. The number of amides is 4. The Morgan fingerprint density at radius 2 is 1.09 bits per heavy atom. The second-order valence-corrected chi connectivity index (χ2v) is 7.76. The predicted octanol–water partition coefficient (Wildman–Crippen LogP) is 3.86. The summed E-state index contributed by atoms with van der Waals surface area (Å²) in [6.45, 7) is 0. The van der Waals surface area contributed by atoms with Crippen molar-refractivity contribution in [3.63, 3.8) is 0 Å². The highest BCUT2D eigenvalue weighted by Gasteiger charge is 2.31. The van der Waals surface area contributed by atoms with Crippen LogP contribution in [-0.2, 0) is 9.59 Å². The zero-order valence-corrected chi connectivity index (χ0v) is 19.2. The Morgan fingerprint density at radius 1 is 0.686 bits per heavy atom. The van der Waals surface area contributed by atoms with Crippen LogP contribution in [0.5, 0.6) is 11.5 Å². The van der Waals surface area contributed by atoms with Crippen molar-refractivity contribution >= 4 is 40.7 Å². The van der Waals surface area contributed by atoms with Crippen molar-refractivity contribution in [1.82, 2.24) is 0 Å². The van der Waals surface area contributed by atoms with Crippen molar-refractivity contribution in [2.24, 2.45) is 0 Å². The van der Waals surface area contributed by atoms with E-state index in [4.69, 9.17) is 9.47 Å². The molecule has 0 radical (unpaired) electrons. The number of carbonyl (C=O) groups excluding carboxylic acids is 4. The molecule has 1 saturated heterocycles. The molecule has 1 aliphatic heterocycles. The Balaban J connectivity index is 1.65. The number of hydrogen-bond donors (Lipinski definition) is 2. The second kappa shape index (κ2) is 10.1. The maximum Gasteiger partial charge on any atom is 0.255 e. The molecule has 4 rings (SSSR count). The van der Waals surface area contributed by atoms with E-state index in [0.29, 0.717) is 22.9 Å². The average Bonchev–Trinajstić information content (AvgIpc) is 3.22. The number of methoxy groups -OCH3 is 2. The number of nitrogens with one attached hydrogen (secondary N) is 2. The van der Waals surface area contributed by atoms with Crippen molar-refractivity contribution in [1.29, 1.82) is 0 Å². The van der Waals surface area contributed by atoms with Gasteiger partial charge in [0.05, 0.1) is 19.9 Å². The monoisotopic (exact) mass is 473 g/mol. The Kier molecular flexibility index (Phi) is 6.77. The van der Waals surface area contributed by atoms with Gasteiger partial charge in [-0.1, -0.05) is 0 Å². The molecule has 1 fully saturated rings. The molecule has 2 N–H and O–H groups in total. The first kappa shape index (κ1) is 23.5. The third kappa shape index (κ3) is 5.30. The summed E-state index contributed by atoms with van der Waals surface area (Å²) >= 11 is 0. The van der Waals surface area contributed by atoms with Crippen LogP contribution >= 0.6 is 0 Å². The molecular formula is C26H23N3O6. The number of anilines is 3. The Morgan fingerprint density at radius 3 is 1.46 bits per heavy atom.